The van der Waals surface area contributed by atoms with Crippen molar-refractivity contribution in [3.8, 4) is 0 Å². The first-order valence-corrected chi connectivity index (χ1v) is 8.86. The first kappa shape index (κ1) is 16.3. The van der Waals surface area contributed by atoms with Crippen molar-refractivity contribution in [3.05, 3.63) is 0 Å². The number of nitrogens with one attached hydrogen (secondary N) is 1. The Kier molecular flexibility index (Phi) is 6.79. The molecule has 2 N–H and O–H groups in total. The van der Waals surface area contributed by atoms with E-state index in [-0.39, 0.29) is 6.10 Å². The molecule has 20 heavy (non-hydrogen) atoms. The summed E-state index contributed by atoms with van der Waals surface area (Å²) in [6.45, 7) is 8.00. The van der Waals surface area contributed by atoms with Gasteiger partial charge in [-0.2, -0.15) is 0 Å². The van der Waals surface area contributed by atoms with Gasteiger partial charge in [-0.3, -0.25) is 0 Å². The van der Waals surface area contributed by atoms with Crippen LogP contribution in [0.1, 0.15) is 65.2 Å². The Bertz CT molecular complexity index is 264. The zero-order valence-corrected chi connectivity index (χ0v) is 13.5. The summed E-state index contributed by atoms with van der Waals surface area (Å²) in [6.07, 6.45) is 9.94. The second-order valence-electron chi connectivity index (χ2n) is 6.94. The minimum absolute atomic E-state index is 0.120. The Balaban J connectivity index is 1.64. The number of piperidine rings is 1. The molecule has 118 valence electrons. The Labute approximate surface area is 125 Å². The van der Waals surface area contributed by atoms with Gasteiger partial charge in [-0.15, -0.1) is 0 Å². The molecule has 2 fully saturated rings. The van der Waals surface area contributed by atoms with Crippen LogP contribution in [0.5, 0.6) is 0 Å². The molecule has 2 rings (SSSR count). The van der Waals surface area contributed by atoms with Crippen LogP contribution in [0.4, 0.5) is 0 Å². The zero-order valence-electron chi connectivity index (χ0n) is 13.5. The maximum atomic E-state index is 9.58. The minimum Gasteiger partial charge on any atom is -0.393 e. The predicted octanol–water partition coefficient (Wildman–Crippen LogP) is 2.78. The van der Waals surface area contributed by atoms with Gasteiger partial charge in [0.1, 0.15) is 0 Å². The second-order valence-corrected chi connectivity index (χ2v) is 6.94. The molecular formula is C17H34N2O. The van der Waals surface area contributed by atoms with E-state index in [0.29, 0.717) is 6.04 Å². The SMILES string of the molecule is CCC(O)CCNC1CCN(C2CCCCC2C)CC1. The molecule has 2 aliphatic rings. The molecule has 1 heterocycles. The van der Waals surface area contributed by atoms with E-state index in [1.54, 1.807) is 0 Å². The summed E-state index contributed by atoms with van der Waals surface area (Å²) in [5.74, 6) is 0.896. The Morgan fingerprint density at radius 1 is 1.15 bits per heavy atom. The van der Waals surface area contributed by atoms with Crippen molar-refractivity contribution in [1.82, 2.24) is 10.2 Å². The van der Waals surface area contributed by atoms with Crippen molar-refractivity contribution < 1.29 is 5.11 Å². The quantitative estimate of drug-likeness (QED) is 0.786. The van der Waals surface area contributed by atoms with Gasteiger partial charge < -0.3 is 15.3 Å². The summed E-state index contributed by atoms with van der Waals surface area (Å²) in [4.78, 5) is 2.75. The fourth-order valence-electron chi connectivity index (χ4n) is 3.93. The molecule has 0 aromatic carbocycles. The number of aliphatic hydroxyl groups excluding tert-OH is 1. The molecule has 0 bridgehead atoms. The molecule has 1 saturated heterocycles. The fourth-order valence-corrected chi connectivity index (χ4v) is 3.93. The number of hydrogen-bond donors (Lipinski definition) is 2. The predicted molar refractivity (Wildman–Crippen MR) is 84.9 cm³/mol. The van der Waals surface area contributed by atoms with Crippen molar-refractivity contribution in [2.45, 2.75) is 83.4 Å². The number of aliphatic hydroxyl groups is 1. The maximum Gasteiger partial charge on any atom is 0.0549 e. The van der Waals surface area contributed by atoms with Gasteiger partial charge in [0.2, 0.25) is 0 Å². The van der Waals surface area contributed by atoms with Crippen molar-refractivity contribution in [2.24, 2.45) is 5.92 Å². The van der Waals surface area contributed by atoms with Crippen LogP contribution >= 0.6 is 0 Å². The van der Waals surface area contributed by atoms with E-state index in [2.05, 4.69) is 24.1 Å². The van der Waals surface area contributed by atoms with Gasteiger partial charge in [-0.1, -0.05) is 26.7 Å². The largest absolute Gasteiger partial charge is 0.393 e. The molecular weight excluding hydrogens is 248 g/mol. The summed E-state index contributed by atoms with van der Waals surface area (Å²) in [7, 11) is 0. The summed E-state index contributed by atoms with van der Waals surface area (Å²) >= 11 is 0. The van der Waals surface area contributed by atoms with Gasteiger partial charge in [-0.25, -0.2) is 0 Å². The van der Waals surface area contributed by atoms with E-state index in [1.807, 2.05) is 0 Å². The Hall–Kier alpha value is -0.120. The van der Waals surface area contributed by atoms with Crippen molar-refractivity contribution >= 4 is 0 Å². The van der Waals surface area contributed by atoms with Crippen LogP contribution in [0.25, 0.3) is 0 Å². The molecule has 0 radical (unpaired) electrons. The van der Waals surface area contributed by atoms with Gasteiger partial charge in [0.05, 0.1) is 6.10 Å². The molecule has 1 aliphatic carbocycles. The van der Waals surface area contributed by atoms with Gasteiger partial charge in [-0.05, 0) is 64.1 Å². The normalized spacial score (nSPS) is 31.4. The number of likely N-dealkylation sites (tertiary alicyclic amines) is 1. The van der Waals surface area contributed by atoms with Crippen LogP contribution in [0.2, 0.25) is 0 Å². The van der Waals surface area contributed by atoms with Crippen molar-refractivity contribution in [3.63, 3.8) is 0 Å². The van der Waals surface area contributed by atoms with Gasteiger partial charge in [0, 0.05) is 12.1 Å². The first-order valence-electron chi connectivity index (χ1n) is 8.86. The lowest BCUT2D eigenvalue weighted by molar-refractivity contribution is 0.0804. The molecule has 0 spiro atoms. The molecule has 3 unspecified atom stereocenters. The summed E-state index contributed by atoms with van der Waals surface area (Å²) in [5.41, 5.74) is 0. The standard InChI is InChI=1S/C17H34N2O/c1-3-16(20)8-11-18-15-9-12-19(13-10-15)17-7-5-4-6-14(17)2/h14-18,20H,3-13H2,1-2H3. The lowest BCUT2D eigenvalue weighted by Gasteiger charge is -2.42. The van der Waals surface area contributed by atoms with E-state index in [9.17, 15) is 5.11 Å². The van der Waals surface area contributed by atoms with E-state index in [4.69, 9.17) is 0 Å². The molecule has 1 aliphatic heterocycles. The zero-order chi connectivity index (χ0) is 14.4. The highest BCUT2D eigenvalue weighted by Gasteiger charge is 2.29. The molecule has 0 amide bonds. The van der Waals surface area contributed by atoms with E-state index < -0.39 is 0 Å². The monoisotopic (exact) mass is 282 g/mol. The van der Waals surface area contributed by atoms with E-state index >= 15 is 0 Å². The lowest BCUT2D eigenvalue weighted by Crippen LogP contribution is -2.49. The topological polar surface area (TPSA) is 35.5 Å². The van der Waals surface area contributed by atoms with Crippen LogP contribution in [-0.4, -0.2) is 47.8 Å². The van der Waals surface area contributed by atoms with Gasteiger partial charge in [0.15, 0.2) is 0 Å². The van der Waals surface area contributed by atoms with Gasteiger partial charge >= 0.3 is 0 Å². The number of hydrogen-bond acceptors (Lipinski definition) is 3. The lowest BCUT2D eigenvalue weighted by atomic mass is 9.84. The minimum atomic E-state index is -0.120. The molecule has 3 atom stereocenters. The van der Waals surface area contributed by atoms with Crippen LogP contribution in [0.3, 0.4) is 0 Å². The Morgan fingerprint density at radius 2 is 1.85 bits per heavy atom. The van der Waals surface area contributed by atoms with Gasteiger partial charge in [0.25, 0.3) is 0 Å². The highest BCUT2D eigenvalue weighted by Crippen LogP contribution is 2.29. The summed E-state index contributed by atoms with van der Waals surface area (Å²) in [5, 5.41) is 13.2. The number of rotatable bonds is 6. The third-order valence-corrected chi connectivity index (χ3v) is 5.45. The van der Waals surface area contributed by atoms with Crippen LogP contribution in [-0.2, 0) is 0 Å². The van der Waals surface area contributed by atoms with Crippen LogP contribution in [0.15, 0.2) is 0 Å². The molecule has 3 nitrogen and oxygen atoms in total. The smallest absolute Gasteiger partial charge is 0.0549 e. The molecule has 0 aromatic heterocycles. The summed E-state index contributed by atoms with van der Waals surface area (Å²) in [6, 6.07) is 1.53. The maximum absolute atomic E-state index is 9.58. The van der Waals surface area contributed by atoms with Crippen molar-refractivity contribution in [1.29, 1.82) is 0 Å². The van der Waals surface area contributed by atoms with E-state index in [1.165, 1.54) is 51.6 Å². The van der Waals surface area contributed by atoms with Crippen molar-refractivity contribution in [2.75, 3.05) is 19.6 Å². The molecule has 3 heteroatoms. The average Bonchev–Trinajstić information content (AvgIpc) is 2.48. The highest BCUT2D eigenvalue weighted by molar-refractivity contribution is 4.86. The fraction of sp³-hybridized carbons (Fsp3) is 1.00. The second kappa shape index (κ2) is 8.35. The third-order valence-electron chi connectivity index (χ3n) is 5.45. The third kappa shape index (κ3) is 4.71. The van der Waals surface area contributed by atoms with Crippen LogP contribution < -0.4 is 5.32 Å². The van der Waals surface area contributed by atoms with Crippen LogP contribution in [0, 0.1) is 5.92 Å². The molecule has 0 aromatic rings. The Morgan fingerprint density at radius 3 is 2.50 bits per heavy atom. The average molecular weight is 282 g/mol. The molecule has 1 saturated carbocycles. The first-order chi connectivity index (χ1) is 9.70. The van der Waals surface area contributed by atoms with E-state index in [0.717, 1.165) is 31.3 Å². The summed E-state index contributed by atoms with van der Waals surface area (Å²) < 4.78 is 0. The highest BCUT2D eigenvalue weighted by atomic mass is 16.3. The number of nitrogens with zero attached hydrogens (tertiary/aromatic N) is 1.